The number of hydrogen-bond donors (Lipinski definition) is 3. The van der Waals surface area contributed by atoms with Gasteiger partial charge in [0.15, 0.2) is 11.5 Å². The summed E-state index contributed by atoms with van der Waals surface area (Å²) in [5.41, 5.74) is 3.26. The molecule has 2 atom stereocenters. The Bertz CT molecular complexity index is 1600. The number of imidazole rings is 1. The van der Waals surface area contributed by atoms with Crippen LogP contribution >= 0.6 is 11.6 Å². The number of halogens is 1. The fraction of sp³-hybridized carbons (Fsp3) is 0.387. The molecule has 0 saturated carbocycles. The quantitative estimate of drug-likeness (QED) is 0.256. The highest BCUT2D eigenvalue weighted by Crippen LogP contribution is 2.49. The van der Waals surface area contributed by atoms with E-state index in [4.69, 9.17) is 26.1 Å². The molecule has 0 spiro atoms. The number of benzene rings is 2. The number of rotatable bonds is 9. The summed E-state index contributed by atoms with van der Waals surface area (Å²) in [6.45, 7) is 4.16. The Kier molecular flexibility index (Phi) is 7.80. The highest BCUT2D eigenvalue weighted by Gasteiger charge is 2.42. The van der Waals surface area contributed by atoms with E-state index in [2.05, 4.69) is 16.0 Å². The van der Waals surface area contributed by atoms with Crippen molar-refractivity contribution in [3.8, 4) is 11.5 Å². The number of fused-ring (bicyclic) bond motifs is 2. The van der Waals surface area contributed by atoms with E-state index in [1.54, 1.807) is 30.5 Å². The molecular formula is C31H33ClN4O6. The fourth-order valence-electron chi connectivity index (χ4n) is 5.90. The third-order valence-corrected chi connectivity index (χ3v) is 8.35. The molecule has 220 valence electrons. The number of aliphatic hydroxyl groups excluding tert-OH is 2. The van der Waals surface area contributed by atoms with Crippen molar-refractivity contribution in [3.05, 3.63) is 82.4 Å². The van der Waals surface area contributed by atoms with Crippen LogP contribution < -0.4 is 9.47 Å². The Morgan fingerprint density at radius 2 is 1.98 bits per heavy atom. The highest BCUT2D eigenvalue weighted by molar-refractivity contribution is 6.30. The van der Waals surface area contributed by atoms with Gasteiger partial charge in [0.1, 0.15) is 11.5 Å². The Morgan fingerprint density at radius 3 is 2.69 bits per heavy atom. The van der Waals surface area contributed by atoms with Crippen LogP contribution in [0.5, 0.6) is 11.5 Å². The molecular weight excluding hydrogens is 560 g/mol. The lowest BCUT2D eigenvalue weighted by molar-refractivity contribution is -0.0722. The first-order valence-corrected chi connectivity index (χ1v) is 14.5. The molecule has 10 nitrogen and oxygen atoms in total. The molecule has 3 N–H and O–H groups in total. The van der Waals surface area contributed by atoms with Crippen molar-refractivity contribution in [1.29, 1.82) is 0 Å². The van der Waals surface area contributed by atoms with Crippen LogP contribution in [0.4, 0.5) is 0 Å². The van der Waals surface area contributed by atoms with Crippen LogP contribution in [0.25, 0.3) is 11.0 Å². The number of aromatic nitrogens is 3. The normalized spacial score (nSPS) is 19.8. The predicted molar refractivity (Wildman–Crippen MR) is 156 cm³/mol. The van der Waals surface area contributed by atoms with E-state index in [-0.39, 0.29) is 31.1 Å². The van der Waals surface area contributed by atoms with Crippen LogP contribution in [0.3, 0.4) is 0 Å². The maximum absolute atomic E-state index is 11.6. The average molecular weight is 593 g/mol. The Labute approximate surface area is 248 Å². The van der Waals surface area contributed by atoms with Crippen LogP contribution in [-0.2, 0) is 18.9 Å². The smallest absolute Gasteiger partial charge is 0.335 e. The zero-order valence-corrected chi connectivity index (χ0v) is 24.0. The molecule has 2 aliphatic heterocycles. The largest absolute Gasteiger partial charge is 0.478 e. The van der Waals surface area contributed by atoms with E-state index in [0.29, 0.717) is 34.0 Å². The third kappa shape index (κ3) is 5.55. The lowest BCUT2D eigenvalue weighted by atomic mass is 9.88. The molecule has 42 heavy (non-hydrogen) atoms. The first kappa shape index (κ1) is 28.4. The van der Waals surface area contributed by atoms with E-state index in [9.17, 15) is 20.1 Å². The topological polar surface area (TPSA) is 130 Å². The SMILES string of the molecule is C[C@]1(c2ccc(Cl)cn2)Oc2cccc(C3CCN(Cc4nc5ccc(C(=O)O)cc5n4C[C@@H](O)CCO)CC3)c2O1. The lowest BCUT2D eigenvalue weighted by Crippen LogP contribution is -2.34. The predicted octanol–water partition coefficient (Wildman–Crippen LogP) is 4.55. The standard InChI is InChI=1S/C31H33ClN4O6/c1-31(27-8-6-21(32)16-33-27)41-26-4-2-3-23(29(26)42-31)19-9-12-35(13-10-19)18-28-34-24-7-5-20(30(39)40)15-25(24)36(28)17-22(38)11-14-37/h2-8,15-16,19,22,37-38H,9-14,17-18H2,1H3,(H,39,40)/t22-,31-/m0/s1. The highest BCUT2D eigenvalue weighted by atomic mass is 35.5. The van der Waals surface area contributed by atoms with Crippen molar-refractivity contribution in [2.24, 2.45) is 0 Å². The molecule has 2 aliphatic rings. The van der Waals surface area contributed by atoms with Crippen LogP contribution in [0.15, 0.2) is 54.7 Å². The van der Waals surface area contributed by atoms with E-state index in [1.165, 1.54) is 0 Å². The van der Waals surface area contributed by atoms with Gasteiger partial charge in [0, 0.05) is 25.3 Å². The van der Waals surface area contributed by atoms with Crippen LogP contribution in [-0.4, -0.2) is 66.5 Å². The summed E-state index contributed by atoms with van der Waals surface area (Å²) in [6, 6.07) is 14.4. The number of carboxylic acids is 1. The molecule has 6 rings (SSSR count). The minimum absolute atomic E-state index is 0.135. The van der Waals surface area contributed by atoms with Gasteiger partial charge in [-0.1, -0.05) is 23.7 Å². The van der Waals surface area contributed by atoms with Gasteiger partial charge in [0.2, 0.25) is 0 Å². The second-order valence-electron chi connectivity index (χ2n) is 11.0. The minimum Gasteiger partial charge on any atom is -0.478 e. The van der Waals surface area contributed by atoms with Crippen molar-refractivity contribution in [2.45, 2.75) is 57.1 Å². The summed E-state index contributed by atoms with van der Waals surface area (Å²) in [5, 5.41) is 29.8. The molecule has 0 aliphatic carbocycles. The molecule has 4 aromatic rings. The van der Waals surface area contributed by atoms with Crippen LogP contribution in [0.1, 0.15) is 59.5 Å². The van der Waals surface area contributed by atoms with E-state index < -0.39 is 17.9 Å². The van der Waals surface area contributed by atoms with E-state index in [0.717, 1.165) is 43.1 Å². The van der Waals surface area contributed by atoms with Crippen molar-refractivity contribution in [3.63, 3.8) is 0 Å². The molecule has 1 fully saturated rings. The molecule has 0 bridgehead atoms. The summed E-state index contributed by atoms with van der Waals surface area (Å²) < 4.78 is 14.5. The van der Waals surface area contributed by atoms with Gasteiger partial charge in [0.25, 0.3) is 5.79 Å². The van der Waals surface area contributed by atoms with Gasteiger partial charge in [0.05, 0.1) is 40.8 Å². The number of ether oxygens (including phenoxy) is 2. The number of likely N-dealkylation sites (tertiary alicyclic amines) is 1. The van der Waals surface area contributed by atoms with Gasteiger partial charge in [-0.25, -0.2) is 9.78 Å². The van der Waals surface area contributed by atoms with Crippen molar-refractivity contribution in [1.82, 2.24) is 19.4 Å². The summed E-state index contributed by atoms with van der Waals surface area (Å²) in [7, 11) is 0. The van der Waals surface area contributed by atoms with Gasteiger partial charge in [-0.2, -0.15) is 0 Å². The van der Waals surface area contributed by atoms with Crippen LogP contribution in [0, 0.1) is 0 Å². The summed E-state index contributed by atoms with van der Waals surface area (Å²) in [5.74, 6) is 0.434. The third-order valence-electron chi connectivity index (χ3n) is 8.13. The number of para-hydroxylation sites is 1. The fourth-order valence-corrected chi connectivity index (χ4v) is 6.01. The molecule has 11 heteroatoms. The van der Waals surface area contributed by atoms with Crippen molar-refractivity contribution in [2.75, 3.05) is 19.7 Å². The van der Waals surface area contributed by atoms with Crippen molar-refractivity contribution >= 4 is 28.6 Å². The summed E-state index contributed by atoms with van der Waals surface area (Å²) in [6.07, 6.45) is 2.85. The zero-order valence-electron chi connectivity index (χ0n) is 23.2. The molecule has 0 radical (unpaired) electrons. The number of piperidine rings is 1. The molecule has 0 amide bonds. The number of carbonyl (C=O) groups is 1. The molecule has 0 unspecified atom stereocenters. The van der Waals surface area contributed by atoms with Gasteiger partial charge >= 0.3 is 5.97 Å². The number of hydrogen-bond acceptors (Lipinski definition) is 8. The number of nitrogens with zero attached hydrogens (tertiary/aromatic N) is 4. The lowest BCUT2D eigenvalue weighted by Gasteiger charge is -2.32. The first-order chi connectivity index (χ1) is 20.2. The summed E-state index contributed by atoms with van der Waals surface area (Å²) in [4.78, 5) is 23.1. The monoisotopic (exact) mass is 592 g/mol. The Hall–Kier alpha value is -3.70. The van der Waals surface area contributed by atoms with Gasteiger partial charge in [-0.15, -0.1) is 0 Å². The summed E-state index contributed by atoms with van der Waals surface area (Å²) >= 11 is 6.03. The van der Waals surface area contributed by atoms with Gasteiger partial charge < -0.3 is 29.4 Å². The van der Waals surface area contributed by atoms with Crippen LogP contribution in [0.2, 0.25) is 5.02 Å². The van der Waals surface area contributed by atoms with E-state index in [1.807, 2.05) is 29.7 Å². The molecule has 1 saturated heterocycles. The number of aromatic carboxylic acids is 1. The Morgan fingerprint density at radius 1 is 1.17 bits per heavy atom. The number of aliphatic hydroxyl groups is 2. The Balaban J connectivity index is 1.18. The van der Waals surface area contributed by atoms with Crippen molar-refractivity contribution < 1.29 is 29.6 Å². The average Bonchev–Trinajstić information content (AvgIpc) is 3.50. The molecule has 2 aromatic carbocycles. The number of carboxylic acid groups (broad SMARTS) is 1. The zero-order chi connectivity index (χ0) is 29.4. The maximum atomic E-state index is 11.6. The number of pyridine rings is 1. The molecule has 4 heterocycles. The molecule has 2 aromatic heterocycles. The van der Waals surface area contributed by atoms with Gasteiger partial charge in [-0.05, 0) is 74.7 Å². The minimum atomic E-state index is -1.04. The second-order valence-corrected chi connectivity index (χ2v) is 11.5. The van der Waals surface area contributed by atoms with E-state index >= 15 is 0 Å². The maximum Gasteiger partial charge on any atom is 0.335 e. The van der Waals surface area contributed by atoms with Gasteiger partial charge in [-0.3, -0.25) is 9.88 Å². The first-order valence-electron chi connectivity index (χ1n) is 14.1. The second kappa shape index (κ2) is 11.5.